The molecular weight excluding hydrogens is 278 g/mol. The number of para-hydroxylation sites is 1. The van der Waals surface area contributed by atoms with Crippen LogP contribution in [0.25, 0.3) is 0 Å². The summed E-state index contributed by atoms with van der Waals surface area (Å²) in [6.45, 7) is -0.245. The van der Waals surface area contributed by atoms with Crippen molar-refractivity contribution >= 4 is 29.0 Å². The van der Waals surface area contributed by atoms with Crippen LogP contribution in [0, 0.1) is 0 Å². The maximum Gasteiger partial charge on any atom is 0.322 e. The Bertz CT molecular complexity index is 638. The van der Waals surface area contributed by atoms with Gasteiger partial charge in [-0.15, -0.1) is 0 Å². The predicted molar refractivity (Wildman–Crippen MR) is 77.5 cm³/mol. The summed E-state index contributed by atoms with van der Waals surface area (Å²) in [5.41, 5.74) is 1.42. The number of rotatable bonds is 5. The summed E-state index contributed by atoms with van der Waals surface area (Å²) in [6.07, 6.45) is 0. The molecule has 2 aromatic rings. The zero-order valence-electron chi connectivity index (χ0n) is 10.5. The molecule has 0 fully saturated rings. The van der Waals surface area contributed by atoms with Gasteiger partial charge in [-0.3, -0.25) is 9.59 Å². The highest BCUT2D eigenvalue weighted by atomic mass is 35.5. The van der Waals surface area contributed by atoms with Crippen LogP contribution in [-0.4, -0.2) is 23.4 Å². The third-order valence-corrected chi connectivity index (χ3v) is 2.96. The maximum absolute atomic E-state index is 12.4. The van der Waals surface area contributed by atoms with Crippen molar-refractivity contribution in [3.8, 4) is 0 Å². The largest absolute Gasteiger partial charge is 0.480 e. The molecule has 0 aliphatic heterocycles. The second-order valence-electron chi connectivity index (χ2n) is 4.13. The Morgan fingerprint density at radius 3 is 2.35 bits per heavy atom. The number of hydrogen-bond acceptors (Lipinski definition) is 3. The number of aliphatic carboxylic acids is 1. The number of carboxylic acids is 1. The van der Waals surface area contributed by atoms with Gasteiger partial charge in [-0.2, -0.15) is 0 Å². The molecule has 5 heteroatoms. The van der Waals surface area contributed by atoms with Crippen molar-refractivity contribution < 1.29 is 14.7 Å². The summed E-state index contributed by atoms with van der Waals surface area (Å²) < 4.78 is 0. The number of nitrogens with one attached hydrogen (secondary N) is 1. The highest BCUT2D eigenvalue weighted by molar-refractivity contribution is 6.30. The van der Waals surface area contributed by atoms with Crippen LogP contribution >= 0.6 is 11.6 Å². The van der Waals surface area contributed by atoms with Crippen LogP contribution in [-0.2, 0) is 4.79 Å². The number of carbonyl (C=O) groups excluding carboxylic acids is 1. The molecule has 2 N–H and O–H groups in total. The molecule has 0 bridgehead atoms. The normalized spacial score (nSPS) is 10.1. The number of carboxylic acid groups (broad SMARTS) is 1. The Kier molecular flexibility index (Phi) is 4.38. The molecule has 0 aromatic heterocycles. The summed E-state index contributed by atoms with van der Waals surface area (Å²) in [7, 11) is 0. The quantitative estimate of drug-likeness (QED) is 0.830. The fraction of sp³-hybridized carbons (Fsp3) is 0.0667. The van der Waals surface area contributed by atoms with Crippen LogP contribution < -0.4 is 5.32 Å². The smallest absolute Gasteiger partial charge is 0.322 e. The second kappa shape index (κ2) is 6.21. The van der Waals surface area contributed by atoms with Crippen LogP contribution in [0.1, 0.15) is 15.9 Å². The molecule has 0 aliphatic rings. The van der Waals surface area contributed by atoms with Crippen molar-refractivity contribution in [3.05, 3.63) is 64.7 Å². The molecule has 0 radical (unpaired) electrons. The molecule has 0 amide bonds. The summed E-state index contributed by atoms with van der Waals surface area (Å²) in [5.74, 6) is -1.17. The van der Waals surface area contributed by atoms with Gasteiger partial charge < -0.3 is 10.4 Å². The average Bonchev–Trinajstić information content (AvgIpc) is 2.45. The first kappa shape index (κ1) is 14.1. The summed E-state index contributed by atoms with van der Waals surface area (Å²) >= 11 is 5.79. The first-order chi connectivity index (χ1) is 9.58. The van der Waals surface area contributed by atoms with Crippen LogP contribution in [0.5, 0.6) is 0 Å². The second-order valence-corrected chi connectivity index (χ2v) is 4.57. The molecule has 0 atom stereocenters. The number of ketones is 1. The van der Waals surface area contributed by atoms with E-state index in [0.29, 0.717) is 21.8 Å². The van der Waals surface area contributed by atoms with Gasteiger partial charge in [0.15, 0.2) is 5.78 Å². The van der Waals surface area contributed by atoms with E-state index in [1.807, 2.05) is 0 Å². The zero-order chi connectivity index (χ0) is 14.5. The van der Waals surface area contributed by atoms with Gasteiger partial charge in [0.05, 0.1) is 0 Å². The van der Waals surface area contributed by atoms with Crippen molar-refractivity contribution in [1.29, 1.82) is 0 Å². The topological polar surface area (TPSA) is 66.4 Å². The van der Waals surface area contributed by atoms with E-state index in [4.69, 9.17) is 16.7 Å². The number of anilines is 1. The number of benzene rings is 2. The highest BCUT2D eigenvalue weighted by Gasteiger charge is 2.13. The monoisotopic (exact) mass is 289 g/mol. The van der Waals surface area contributed by atoms with Crippen LogP contribution in [0.4, 0.5) is 5.69 Å². The lowest BCUT2D eigenvalue weighted by Gasteiger charge is -2.09. The van der Waals surface area contributed by atoms with Crippen molar-refractivity contribution in [2.75, 3.05) is 11.9 Å². The first-order valence-electron chi connectivity index (χ1n) is 5.93. The minimum Gasteiger partial charge on any atom is -0.480 e. The SMILES string of the molecule is O=C(O)CNc1ccccc1C(=O)c1ccc(Cl)cc1. The van der Waals surface area contributed by atoms with E-state index in [0.717, 1.165) is 0 Å². The summed E-state index contributed by atoms with van der Waals surface area (Å²) in [4.78, 5) is 23.0. The Morgan fingerprint density at radius 2 is 1.70 bits per heavy atom. The van der Waals surface area contributed by atoms with Gasteiger partial charge in [-0.1, -0.05) is 23.7 Å². The third-order valence-electron chi connectivity index (χ3n) is 2.71. The molecule has 0 heterocycles. The van der Waals surface area contributed by atoms with E-state index in [2.05, 4.69) is 5.32 Å². The van der Waals surface area contributed by atoms with E-state index in [1.54, 1.807) is 48.5 Å². The Labute approximate surface area is 121 Å². The minimum absolute atomic E-state index is 0.185. The standard InChI is InChI=1S/C15H12ClNO3/c16-11-7-5-10(6-8-11)15(20)12-3-1-2-4-13(12)17-9-14(18)19/h1-8,17H,9H2,(H,18,19). The first-order valence-corrected chi connectivity index (χ1v) is 6.30. The lowest BCUT2D eigenvalue weighted by molar-refractivity contribution is -0.134. The van der Waals surface area contributed by atoms with Gasteiger partial charge in [-0.25, -0.2) is 0 Å². The molecule has 102 valence electrons. The van der Waals surface area contributed by atoms with Crippen LogP contribution in [0.15, 0.2) is 48.5 Å². The van der Waals surface area contributed by atoms with Crippen molar-refractivity contribution in [3.63, 3.8) is 0 Å². The number of hydrogen-bond donors (Lipinski definition) is 2. The van der Waals surface area contributed by atoms with Crippen LogP contribution in [0.2, 0.25) is 5.02 Å². The van der Waals surface area contributed by atoms with Crippen LogP contribution in [0.3, 0.4) is 0 Å². The number of carbonyl (C=O) groups is 2. The molecule has 0 saturated heterocycles. The molecular formula is C15H12ClNO3. The fourth-order valence-corrected chi connectivity index (χ4v) is 1.89. The molecule has 2 rings (SSSR count). The molecule has 0 aliphatic carbocycles. The van der Waals surface area contributed by atoms with Gasteiger partial charge in [-0.05, 0) is 36.4 Å². The average molecular weight is 290 g/mol. The third kappa shape index (κ3) is 3.36. The van der Waals surface area contributed by atoms with E-state index >= 15 is 0 Å². The van der Waals surface area contributed by atoms with E-state index < -0.39 is 5.97 Å². The summed E-state index contributed by atoms with van der Waals surface area (Å²) in [5, 5.41) is 12.0. The van der Waals surface area contributed by atoms with Gasteiger partial charge in [0.2, 0.25) is 0 Å². The van der Waals surface area contributed by atoms with E-state index in [-0.39, 0.29) is 12.3 Å². The van der Waals surface area contributed by atoms with Crippen molar-refractivity contribution in [1.82, 2.24) is 0 Å². The van der Waals surface area contributed by atoms with Gasteiger partial charge >= 0.3 is 5.97 Å². The summed E-state index contributed by atoms with van der Waals surface area (Å²) in [6, 6.07) is 13.4. The minimum atomic E-state index is -0.987. The molecule has 0 spiro atoms. The van der Waals surface area contributed by atoms with Gasteiger partial charge in [0.25, 0.3) is 0 Å². The Balaban J connectivity index is 2.29. The molecule has 2 aromatic carbocycles. The van der Waals surface area contributed by atoms with E-state index in [9.17, 15) is 9.59 Å². The maximum atomic E-state index is 12.4. The molecule has 4 nitrogen and oxygen atoms in total. The molecule has 20 heavy (non-hydrogen) atoms. The van der Waals surface area contributed by atoms with Crippen molar-refractivity contribution in [2.45, 2.75) is 0 Å². The van der Waals surface area contributed by atoms with E-state index in [1.165, 1.54) is 0 Å². The number of halogens is 1. The predicted octanol–water partition coefficient (Wildman–Crippen LogP) is 3.07. The van der Waals surface area contributed by atoms with Gasteiger partial charge in [0, 0.05) is 21.8 Å². The highest BCUT2D eigenvalue weighted by Crippen LogP contribution is 2.20. The lowest BCUT2D eigenvalue weighted by atomic mass is 10.0. The van der Waals surface area contributed by atoms with Gasteiger partial charge in [0.1, 0.15) is 6.54 Å². The Morgan fingerprint density at radius 1 is 1.05 bits per heavy atom. The fourth-order valence-electron chi connectivity index (χ4n) is 1.76. The van der Waals surface area contributed by atoms with Crippen molar-refractivity contribution in [2.24, 2.45) is 0 Å². The Hall–Kier alpha value is -2.33. The molecule has 0 saturated carbocycles. The zero-order valence-corrected chi connectivity index (χ0v) is 11.2. The molecule has 0 unspecified atom stereocenters. The lowest BCUT2D eigenvalue weighted by Crippen LogP contribution is -2.15.